The molecule has 3 N–H and O–H groups in total. The number of hydrogen-bond donors (Lipinski definition) is 2. The third-order valence-electron chi connectivity index (χ3n) is 4.06. The van der Waals surface area contributed by atoms with Gasteiger partial charge in [0.2, 0.25) is 0 Å². The lowest BCUT2D eigenvalue weighted by Crippen LogP contribution is -2.30. The highest BCUT2D eigenvalue weighted by molar-refractivity contribution is 7.19. The molecule has 0 saturated heterocycles. The van der Waals surface area contributed by atoms with E-state index in [2.05, 4.69) is 10.2 Å². The maximum Gasteiger partial charge on any atom is 0.256 e. The number of carbonyl (C=O) groups excluding carboxylic acids is 2. The molecule has 1 aromatic heterocycles. The Morgan fingerprint density at radius 3 is 2.57 bits per heavy atom. The number of Topliss-reactive ketones (excluding diaryl/α,β-unsaturated/α-hetero) is 1. The van der Waals surface area contributed by atoms with Crippen LogP contribution < -0.4 is 16.0 Å². The van der Waals surface area contributed by atoms with Crippen molar-refractivity contribution < 1.29 is 9.59 Å². The van der Waals surface area contributed by atoms with Crippen LogP contribution in [-0.4, -0.2) is 32.3 Å². The Kier molecular flexibility index (Phi) is 4.88. The van der Waals surface area contributed by atoms with Crippen LogP contribution in [0.5, 0.6) is 0 Å². The Morgan fingerprint density at radius 1 is 1.43 bits per heavy atom. The number of carbonyl (C=O) groups is 2. The summed E-state index contributed by atoms with van der Waals surface area (Å²) in [6.45, 7) is 2.71. The molecule has 21 heavy (non-hydrogen) atoms. The predicted molar refractivity (Wildman–Crippen MR) is 87.4 cm³/mol. The number of ketones is 1. The molecule has 2 rings (SSSR count). The van der Waals surface area contributed by atoms with Gasteiger partial charge >= 0.3 is 0 Å². The van der Waals surface area contributed by atoms with E-state index >= 15 is 0 Å². The highest BCUT2D eigenvalue weighted by Crippen LogP contribution is 2.40. The van der Waals surface area contributed by atoms with Crippen LogP contribution in [0.4, 0.5) is 10.7 Å². The summed E-state index contributed by atoms with van der Waals surface area (Å²) in [6, 6.07) is 0. The Hall–Kier alpha value is -1.56. The Bertz CT molecular complexity index is 549. The second kappa shape index (κ2) is 6.47. The van der Waals surface area contributed by atoms with Gasteiger partial charge < -0.3 is 16.0 Å². The van der Waals surface area contributed by atoms with Crippen molar-refractivity contribution in [2.24, 2.45) is 5.92 Å². The molecule has 0 bridgehead atoms. The summed E-state index contributed by atoms with van der Waals surface area (Å²) in [7, 11) is 3.55. The highest BCUT2D eigenvalue weighted by Gasteiger charge is 2.28. The largest absolute Gasteiger partial charge is 0.397 e. The molecule has 1 aliphatic carbocycles. The van der Waals surface area contributed by atoms with Crippen LogP contribution in [0, 0.1) is 5.92 Å². The van der Waals surface area contributed by atoms with Crippen molar-refractivity contribution in [3.63, 3.8) is 0 Å². The van der Waals surface area contributed by atoms with Gasteiger partial charge in [-0.15, -0.1) is 11.3 Å². The summed E-state index contributed by atoms with van der Waals surface area (Å²) in [5.74, 6) is 0.446. The summed E-state index contributed by atoms with van der Waals surface area (Å²) in [4.78, 5) is 26.7. The smallest absolute Gasteiger partial charge is 0.256 e. The van der Waals surface area contributed by atoms with Crippen molar-refractivity contribution in [3.05, 3.63) is 10.4 Å². The summed E-state index contributed by atoms with van der Waals surface area (Å²) >= 11 is 1.34. The van der Waals surface area contributed by atoms with Crippen LogP contribution in [0.3, 0.4) is 0 Å². The second-order valence-corrected chi connectivity index (χ2v) is 6.56. The monoisotopic (exact) mass is 309 g/mol. The molecule has 0 radical (unpaired) electrons. The predicted octanol–water partition coefficient (Wildman–Crippen LogP) is 2.52. The van der Waals surface area contributed by atoms with Crippen LogP contribution in [0.15, 0.2) is 0 Å². The van der Waals surface area contributed by atoms with E-state index in [9.17, 15) is 9.59 Å². The fraction of sp³-hybridized carbons (Fsp3) is 0.600. The van der Waals surface area contributed by atoms with Gasteiger partial charge in [0.15, 0.2) is 5.78 Å². The first kappa shape index (κ1) is 15.8. The molecule has 6 heteroatoms. The van der Waals surface area contributed by atoms with E-state index < -0.39 is 0 Å². The minimum absolute atomic E-state index is 0.00838. The lowest BCUT2D eigenvalue weighted by molar-refractivity contribution is 0.0964. The third kappa shape index (κ3) is 3.05. The van der Waals surface area contributed by atoms with E-state index in [-0.39, 0.29) is 11.7 Å². The zero-order valence-corrected chi connectivity index (χ0v) is 13.7. The van der Waals surface area contributed by atoms with Crippen molar-refractivity contribution in [1.29, 1.82) is 0 Å². The van der Waals surface area contributed by atoms with Crippen LogP contribution in [0.25, 0.3) is 0 Å². The molecule has 1 aromatic rings. The third-order valence-corrected chi connectivity index (χ3v) is 5.42. The van der Waals surface area contributed by atoms with Gasteiger partial charge in [-0.3, -0.25) is 9.59 Å². The molecule has 1 fully saturated rings. The average molecular weight is 309 g/mol. The van der Waals surface area contributed by atoms with Gasteiger partial charge in [0.05, 0.1) is 16.1 Å². The van der Waals surface area contributed by atoms with Gasteiger partial charge in [0, 0.05) is 27.1 Å². The number of thiophene rings is 1. The number of amides is 1. The molecule has 1 heterocycles. The second-order valence-electron chi connectivity index (χ2n) is 5.56. The summed E-state index contributed by atoms with van der Waals surface area (Å²) in [5.41, 5.74) is 6.84. The molecule has 1 amide bonds. The molecular formula is C15H23N3O2S. The van der Waals surface area contributed by atoms with E-state index in [0.29, 0.717) is 28.5 Å². The van der Waals surface area contributed by atoms with Crippen LogP contribution in [-0.2, 0) is 0 Å². The minimum atomic E-state index is -0.227. The summed E-state index contributed by atoms with van der Waals surface area (Å²) < 4.78 is 0. The van der Waals surface area contributed by atoms with Crippen molar-refractivity contribution in [1.82, 2.24) is 5.32 Å². The van der Waals surface area contributed by atoms with Crippen LogP contribution in [0.2, 0.25) is 0 Å². The standard InChI is InChI=1S/C15H23N3O2S/c1-4-10(19)13-12(16)11(14(20)17-2)15(21-13)18(3)8-9-6-5-7-9/h9H,4-8,16H2,1-3H3,(H,17,20). The molecule has 116 valence electrons. The van der Waals surface area contributed by atoms with Crippen LogP contribution in [0.1, 0.15) is 52.6 Å². The molecule has 0 unspecified atom stereocenters. The fourth-order valence-electron chi connectivity index (χ4n) is 2.56. The van der Waals surface area contributed by atoms with Gasteiger partial charge in [-0.1, -0.05) is 13.3 Å². The summed E-state index contributed by atoms with van der Waals surface area (Å²) in [5, 5.41) is 3.42. The number of nitrogens with one attached hydrogen (secondary N) is 1. The highest BCUT2D eigenvalue weighted by atomic mass is 32.1. The topological polar surface area (TPSA) is 75.4 Å². The average Bonchev–Trinajstić information content (AvgIpc) is 2.78. The van der Waals surface area contributed by atoms with E-state index in [1.54, 1.807) is 14.0 Å². The number of anilines is 2. The Morgan fingerprint density at radius 2 is 2.10 bits per heavy atom. The maximum atomic E-state index is 12.1. The van der Waals surface area contributed by atoms with Gasteiger partial charge in [0.1, 0.15) is 5.00 Å². The van der Waals surface area contributed by atoms with Crippen molar-refractivity contribution in [3.8, 4) is 0 Å². The van der Waals surface area contributed by atoms with Crippen molar-refractivity contribution >= 4 is 33.7 Å². The minimum Gasteiger partial charge on any atom is -0.397 e. The molecular weight excluding hydrogens is 286 g/mol. The van der Waals surface area contributed by atoms with E-state index in [1.165, 1.54) is 30.6 Å². The number of rotatable bonds is 6. The van der Waals surface area contributed by atoms with E-state index in [4.69, 9.17) is 5.73 Å². The zero-order chi connectivity index (χ0) is 15.6. The van der Waals surface area contributed by atoms with Gasteiger partial charge in [0.25, 0.3) is 5.91 Å². The normalized spacial score (nSPS) is 14.6. The fourth-order valence-corrected chi connectivity index (χ4v) is 3.76. The van der Waals surface area contributed by atoms with E-state index in [0.717, 1.165) is 11.5 Å². The first-order valence-corrected chi connectivity index (χ1v) is 8.19. The number of nitrogens with zero attached hydrogens (tertiary/aromatic N) is 1. The first-order valence-electron chi connectivity index (χ1n) is 7.38. The lowest BCUT2D eigenvalue weighted by Gasteiger charge is -2.31. The molecule has 0 spiro atoms. The zero-order valence-electron chi connectivity index (χ0n) is 12.9. The van der Waals surface area contributed by atoms with E-state index in [1.807, 2.05) is 7.05 Å². The molecule has 1 aliphatic rings. The van der Waals surface area contributed by atoms with Gasteiger partial charge in [-0.05, 0) is 18.8 Å². The van der Waals surface area contributed by atoms with Gasteiger partial charge in [-0.2, -0.15) is 0 Å². The molecule has 0 atom stereocenters. The van der Waals surface area contributed by atoms with Crippen LogP contribution >= 0.6 is 11.3 Å². The number of nitrogens with two attached hydrogens (primary N) is 1. The van der Waals surface area contributed by atoms with Crippen molar-refractivity contribution in [2.45, 2.75) is 32.6 Å². The lowest BCUT2D eigenvalue weighted by atomic mass is 9.85. The maximum absolute atomic E-state index is 12.1. The van der Waals surface area contributed by atoms with Crippen molar-refractivity contribution in [2.75, 3.05) is 31.3 Å². The molecule has 0 aromatic carbocycles. The van der Waals surface area contributed by atoms with Gasteiger partial charge in [-0.25, -0.2) is 0 Å². The molecule has 1 saturated carbocycles. The molecule has 5 nitrogen and oxygen atoms in total. The SMILES string of the molecule is CCC(=O)c1sc(N(C)CC2CCC2)c(C(=O)NC)c1N. The first-order chi connectivity index (χ1) is 9.99. The number of nitrogen functional groups attached to an aromatic ring is 1. The Balaban J connectivity index is 2.36. The quantitative estimate of drug-likeness (QED) is 0.792. The number of hydrogen-bond acceptors (Lipinski definition) is 5. The summed E-state index contributed by atoms with van der Waals surface area (Å²) in [6.07, 6.45) is 4.15. The Labute approximate surface area is 129 Å². The molecule has 0 aliphatic heterocycles.